The standard InChI is InChI=1S/C8H16O/c1-3-8-6-7(2)4-5-9-8/h7-8H,3-6H2,1-2H3/t7-,8-/m0/s1. The lowest BCUT2D eigenvalue weighted by Crippen LogP contribution is -2.23. The maximum atomic E-state index is 5.50. The van der Waals surface area contributed by atoms with Gasteiger partial charge >= 0.3 is 0 Å². The monoisotopic (exact) mass is 128 g/mol. The molecule has 1 aliphatic heterocycles. The van der Waals surface area contributed by atoms with Gasteiger partial charge in [0, 0.05) is 6.61 Å². The summed E-state index contributed by atoms with van der Waals surface area (Å²) in [7, 11) is 0. The summed E-state index contributed by atoms with van der Waals surface area (Å²) in [4.78, 5) is 0. The maximum Gasteiger partial charge on any atom is 0.0575 e. The zero-order chi connectivity index (χ0) is 6.69. The fourth-order valence-corrected chi connectivity index (χ4v) is 1.36. The van der Waals surface area contributed by atoms with Gasteiger partial charge in [-0.15, -0.1) is 0 Å². The van der Waals surface area contributed by atoms with Crippen molar-refractivity contribution < 1.29 is 4.74 Å². The van der Waals surface area contributed by atoms with Crippen LogP contribution >= 0.6 is 0 Å². The van der Waals surface area contributed by atoms with Crippen LogP contribution in [0.15, 0.2) is 0 Å². The quantitative estimate of drug-likeness (QED) is 0.526. The molecule has 0 N–H and O–H groups in total. The van der Waals surface area contributed by atoms with Gasteiger partial charge in [0.25, 0.3) is 0 Å². The van der Waals surface area contributed by atoms with Crippen LogP contribution in [0.1, 0.15) is 33.1 Å². The topological polar surface area (TPSA) is 9.23 Å². The van der Waals surface area contributed by atoms with Crippen molar-refractivity contribution in [2.24, 2.45) is 5.92 Å². The Morgan fingerprint density at radius 1 is 1.56 bits per heavy atom. The largest absolute Gasteiger partial charge is 0.378 e. The van der Waals surface area contributed by atoms with Crippen molar-refractivity contribution in [3.8, 4) is 0 Å². The van der Waals surface area contributed by atoms with E-state index in [1.165, 1.54) is 19.3 Å². The van der Waals surface area contributed by atoms with Crippen LogP contribution in [0.5, 0.6) is 0 Å². The van der Waals surface area contributed by atoms with Crippen LogP contribution in [0.4, 0.5) is 0 Å². The van der Waals surface area contributed by atoms with Crippen LogP contribution in [-0.4, -0.2) is 12.7 Å². The second kappa shape index (κ2) is 3.21. The Labute approximate surface area is 57.4 Å². The molecule has 0 aromatic rings. The molecule has 1 rings (SSSR count). The smallest absolute Gasteiger partial charge is 0.0575 e. The van der Waals surface area contributed by atoms with Crippen LogP contribution in [0, 0.1) is 5.92 Å². The minimum Gasteiger partial charge on any atom is -0.378 e. The van der Waals surface area contributed by atoms with E-state index in [1.54, 1.807) is 0 Å². The number of hydrogen-bond donors (Lipinski definition) is 0. The van der Waals surface area contributed by atoms with E-state index in [-0.39, 0.29) is 0 Å². The van der Waals surface area contributed by atoms with Crippen LogP contribution in [0.25, 0.3) is 0 Å². The van der Waals surface area contributed by atoms with Gasteiger partial charge in [-0.1, -0.05) is 13.8 Å². The molecule has 0 aromatic heterocycles. The van der Waals surface area contributed by atoms with Crippen LogP contribution < -0.4 is 0 Å². The first kappa shape index (κ1) is 7.07. The Kier molecular flexibility index (Phi) is 2.52. The molecule has 1 fully saturated rings. The molecular formula is C8H16O. The molecule has 2 atom stereocenters. The van der Waals surface area contributed by atoms with Crippen molar-refractivity contribution in [2.45, 2.75) is 39.2 Å². The summed E-state index contributed by atoms with van der Waals surface area (Å²) in [6.07, 6.45) is 4.28. The Hall–Kier alpha value is -0.0400. The van der Waals surface area contributed by atoms with Gasteiger partial charge in [-0.25, -0.2) is 0 Å². The van der Waals surface area contributed by atoms with E-state index < -0.39 is 0 Å². The molecule has 9 heavy (non-hydrogen) atoms. The zero-order valence-corrected chi connectivity index (χ0v) is 6.39. The van der Waals surface area contributed by atoms with Crippen LogP contribution in [0.2, 0.25) is 0 Å². The van der Waals surface area contributed by atoms with Crippen molar-refractivity contribution in [3.05, 3.63) is 0 Å². The molecule has 0 aromatic carbocycles. The minimum absolute atomic E-state index is 0.564. The van der Waals surface area contributed by atoms with E-state index in [0.29, 0.717) is 6.10 Å². The van der Waals surface area contributed by atoms with Crippen molar-refractivity contribution >= 4 is 0 Å². The van der Waals surface area contributed by atoms with Gasteiger partial charge in [-0.3, -0.25) is 0 Å². The summed E-state index contributed by atoms with van der Waals surface area (Å²) < 4.78 is 5.50. The summed E-state index contributed by atoms with van der Waals surface area (Å²) in [5, 5.41) is 0. The predicted molar refractivity (Wildman–Crippen MR) is 38.4 cm³/mol. The highest BCUT2D eigenvalue weighted by atomic mass is 16.5. The second-order valence-electron chi connectivity index (χ2n) is 3.03. The van der Waals surface area contributed by atoms with Gasteiger partial charge in [0.2, 0.25) is 0 Å². The highest BCUT2D eigenvalue weighted by molar-refractivity contribution is 4.66. The van der Waals surface area contributed by atoms with Crippen LogP contribution in [-0.2, 0) is 4.74 Å². The van der Waals surface area contributed by atoms with Crippen molar-refractivity contribution in [1.82, 2.24) is 0 Å². The van der Waals surface area contributed by atoms with Crippen molar-refractivity contribution in [1.29, 1.82) is 0 Å². The fourth-order valence-electron chi connectivity index (χ4n) is 1.36. The molecular weight excluding hydrogens is 112 g/mol. The van der Waals surface area contributed by atoms with E-state index in [2.05, 4.69) is 13.8 Å². The van der Waals surface area contributed by atoms with Gasteiger partial charge in [0.1, 0.15) is 0 Å². The van der Waals surface area contributed by atoms with Gasteiger partial charge in [-0.05, 0) is 25.2 Å². The Bertz CT molecular complexity index is 80.6. The molecule has 0 spiro atoms. The Morgan fingerprint density at radius 2 is 2.33 bits per heavy atom. The lowest BCUT2D eigenvalue weighted by atomic mass is 9.97. The second-order valence-corrected chi connectivity index (χ2v) is 3.03. The summed E-state index contributed by atoms with van der Waals surface area (Å²) in [5.41, 5.74) is 0. The van der Waals surface area contributed by atoms with Gasteiger partial charge in [0.05, 0.1) is 6.10 Å². The summed E-state index contributed by atoms with van der Waals surface area (Å²) in [6, 6.07) is 0. The lowest BCUT2D eigenvalue weighted by Gasteiger charge is -2.26. The highest BCUT2D eigenvalue weighted by Gasteiger charge is 2.16. The molecule has 1 saturated heterocycles. The van der Waals surface area contributed by atoms with Gasteiger partial charge < -0.3 is 4.74 Å². The molecule has 0 bridgehead atoms. The zero-order valence-electron chi connectivity index (χ0n) is 6.39. The molecule has 0 radical (unpaired) electrons. The maximum absolute atomic E-state index is 5.50. The lowest BCUT2D eigenvalue weighted by molar-refractivity contribution is -0.00644. The van der Waals surface area contributed by atoms with E-state index in [0.717, 1.165) is 12.5 Å². The molecule has 0 aliphatic carbocycles. The van der Waals surface area contributed by atoms with Crippen LogP contribution in [0.3, 0.4) is 0 Å². The fraction of sp³-hybridized carbons (Fsp3) is 1.00. The minimum atomic E-state index is 0.564. The molecule has 1 heteroatoms. The summed E-state index contributed by atoms with van der Waals surface area (Å²) in [5.74, 6) is 0.892. The first-order chi connectivity index (χ1) is 4.33. The summed E-state index contributed by atoms with van der Waals surface area (Å²) in [6.45, 7) is 5.49. The molecule has 0 amide bonds. The number of rotatable bonds is 1. The van der Waals surface area contributed by atoms with Gasteiger partial charge in [0.15, 0.2) is 0 Å². The van der Waals surface area contributed by atoms with E-state index in [9.17, 15) is 0 Å². The Morgan fingerprint density at radius 3 is 2.78 bits per heavy atom. The van der Waals surface area contributed by atoms with E-state index in [4.69, 9.17) is 4.74 Å². The van der Waals surface area contributed by atoms with E-state index in [1.807, 2.05) is 0 Å². The number of ether oxygens (including phenoxy) is 1. The predicted octanol–water partition coefficient (Wildman–Crippen LogP) is 2.21. The first-order valence-corrected chi connectivity index (χ1v) is 3.94. The Balaban J connectivity index is 2.23. The van der Waals surface area contributed by atoms with E-state index >= 15 is 0 Å². The first-order valence-electron chi connectivity index (χ1n) is 3.94. The SMILES string of the molecule is CC[C@H]1C[C@@H](C)CCO1. The third-order valence-electron chi connectivity index (χ3n) is 2.08. The molecule has 1 nitrogen and oxygen atoms in total. The average Bonchev–Trinajstić information content (AvgIpc) is 1.88. The number of hydrogen-bond acceptors (Lipinski definition) is 1. The third-order valence-corrected chi connectivity index (χ3v) is 2.08. The molecule has 0 unspecified atom stereocenters. The molecule has 1 aliphatic rings. The highest BCUT2D eigenvalue weighted by Crippen LogP contribution is 2.20. The summed E-state index contributed by atoms with van der Waals surface area (Å²) >= 11 is 0. The molecule has 0 saturated carbocycles. The molecule has 54 valence electrons. The normalized spacial score (nSPS) is 36.7. The molecule has 1 heterocycles. The third kappa shape index (κ3) is 1.98. The average molecular weight is 128 g/mol. The van der Waals surface area contributed by atoms with Crippen molar-refractivity contribution in [3.63, 3.8) is 0 Å². The van der Waals surface area contributed by atoms with Crippen molar-refractivity contribution in [2.75, 3.05) is 6.61 Å². The van der Waals surface area contributed by atoms with Gasteiger partial charge in [-0.2, -0.15) is 0 Å².